The SMILES string of the molecule is COC(=O)CC(Cc1ccc(OS(=O)(=O)c2ccccc2)cc1)NCc1ccccc1. The number of nitrogens with one attached hydrogen (secondary N) is 1. The topological polar surface area (TPSA) is 81.7 Å². The van der Waals surface area contributed by atoms with E-state index >= 15 is 0 Å². The van der Waals surface area contributed by atoms with Gasteiger partial charge in [0.25, 0.3) is 0 Å². The number of carbonyl (C=O) groups excluding carboxylic acids is 1. The Bertz CT molecular complexity index is 1070. The van der Waals surface area contributed by atoms with E-state index in [1.54, 1.807) is 42.5 Å². The standard InChI is InChI=1S/C24H25NO5S/c1-29-24(26)17-21(25-18-20-8-4-2-5-9-20)16-19-12-14-22(15-13-19)30-31(27,28)23-10-6-3-7-11-23/h2-15,21,25H,16-18H2,1H3. The van der Waals surface area contributed by atoms with E-state index < -0.39 is 10.1 Å². The fourth-order valence-electron chi connectivity index (χ4n) is 3.09. The average molecular weight is 440 g/mol. The summed E-state index contributed by atoms with van der Waals surface area (Å²) in [6.07, 6.45) is 0.803. The molecule has 0 aliphatic carbocycles. The van der Waals surface area contributed by atoms with Gasteiger partial charge in [-0.1, -0.05) is 60.7 Å². The van der Waals surface area contributed by atoms with Crippen LogP contribution in [0.2, 0.25) is 0 Å². The second-order valence-corrected chi connectivity index (χ2v) is 8.59. The fourth-order valence-corrected chi connectivity index (χ4v) is 4.04. The molecule has 0 aliphatic rings. The van der Waals surface area contributed by atoms with Gasteiger partial charge in [0.05, 0.1) is 13.5 Å². The summed E-state index contributed by atoms with van der Waals surface area (Å²) in [5.41, 5.74) is 2.06. The van der Waals surface area contributed by atoms with Crippen LogP contribution in [0, 0.1) is 0 Å². The zero-order valence-electron chi connectivity index (χ0n) is 17.2. The second-order valence-electron chi connectivity index (χ2n) is 7.04. The van der Waals surface area contributed by atoms with Gasteiger partial charge in [-0.3, -0.25) is 4.79 Å². The van der Waals surface area contributed by atoms with E-state index in [4.69, 9.17) is 8.92 Å². The third-order valence-electron chi connectivity index (χ3n) is 4.72. The van der Waals surface area contributed by atoms with Crippen LogP contribution in [0.1, 0.15) is 17.5 Å². The monoisotopic (exact) mass is 439 g/mol. The van der Waals surface area contributed by atoms with Gasteiger partial charge < -0.3 is 14.2 Å². The molecule has 1 atom stereocenters. The normalized spacial score (nSPS) is 12.2. The Morgan fingerprint density at radius 1 is 0.871 bits per heavy atom. The van der Waals surface area contributed by atoms with Crippen molar-refractivity contribution in [3.8, 4) is 5.75 Å². The number of ether oxygens (including phenoxy) is 1. The van der Waals surface area contributed by atoms with Crippen LogP contribution >= 0.6 is 0 Å². The molecule has 7 heteroatoms. The number of benzene rings is 3. The smallest absolute Gasteiger partial charge is 0.339 e. The first-order valence-corrected chi connectivity index (χ1v) is 11.3. The van der Waals surface area contributed by atoms with E-state index in [0.29, 0.717) is 13.0 Å². The fraction of sp³-hybridized carbons (Fsp3) is 0.208. The minimum Gasteiger partial charge on any atom is -0.469 e. The van der Waals surface area contributed by atoms with Gasteiger partial charge in [0, 0.05) is 12.6 Å². The summed E-state index contributed by atoms with van der Waals surface area (Å²) >= 11 is 0. The summed E-state index contributed by atoms with van der Waals surface area (Å²) in [5, 5.41) is 3.40. The van der Waals surface area contributed by atoms with E-state index in [1.165, 1.54) is 19.2 Å². The molecule has 1 unspecified atom stereocenters. The summed E-state index contributed by atoms with van der Waals surface area (Å²) in [6, 6.07) is 24.6. The molecule has 3 aromatic rings. The van der Waals surface area contributed by atoms with Crippen molar-refractivity contribution >= 4 is 16.1 Å². The summed E-state index contributed by atoms with van der Waals surface area (Å²) in [6.45, 7) is 0.624. The van der Waals surface area contributed by atoms with E-state index in [9.17, 15) is 13.2 Å². The quantitative estimate of drug-likeness (QED) is 0.383. The van der Waals surface area contributed by atoms with Crippen molar-refractivity contribution in [2.45, 2.75) is 30.3 Å². The zero-order chi connectivity index (χ0) is 22.1. The van der Waals surface area contributed by atoms with Crippen molar-refractivity contribution in [2.75, 3.05) is 7.11 Å². The number of hydrogen-bond donors (Lipinski definition) is 1. The summed E-state index contributed by atoms with van der Waals surface area (Å²) < 4.78 is 34.7. The number of rotatable bonds is 10. The molecule has 1 N–H and O–H groups in total. The molecule has 162 valence electrons. The Kier molecular flexibility index (Phi) is 7.81. The third-order valence-corrected chi connectivity index (χ3v) is 5.98. The average Bonchev–Trinajstić information content (AvgIpc) is 2.79. The maximum Gasteiger partial charge on any atom is 0.339 e. The van der Waals surface area contributed by atoms with E-state index in [0.717, 1.165) is 11.1 Å². The molecule has 31 heavy (non-hydrogen) atoms. The Balaban J connectivity index is 1.65. The Labute approximate surface area is 183 Å². The van der Waals surface area contributed by atoms with Gasteiger partial charge in [-0.2, -0.15) is 8.42 Å². The van der Waals surface area contributed by atoms with Crippen LogP contribution in [0.3, 0.4) is 0 Å². The van der Waals surface area contributed by atoms with Crippen molar-refractivity contribution in [1.29, 1.82) is 0 Å². The molecule has 0 radical (unpaired) electrons. The predicted molar refractivity (Wildman–Crippen MR) is 118 cm³/mol. The molecule has 6 nitrogen and oxygen atoms in total. The van der Waals surface area contributed by atoms with Gasteiger partial charge >= 0.3 is 16.1 Å². The minimum atomic E-state index is -3.88. The van der Waals surface area contributed by atoms with Crippen LogP contribution in [0.15, 0.2) is 89.8 Å². The molecule has 3 rings (SSSR count). The molecule has 0 amide bonds. The first kappa shape index (κ1) is 22.5. The van der Waals surface area contributed by atoms with Gasteiger partial charge in [-0.25, -0.2) is 0 Å². The van der Waals surface area contributed by atoms with Crippen LogP contribution in [-0.4, -0.2) is 27.5 Å². The molecule has 3 aromatic carbocycles. The lowest BCUT2D eigenvalue weighted by Crippen LogP contribution is -2.33. The Morgan fingerprint density at radius 2 is 1.48 bits per heavy atom. The van der Waals surface area contributed by atoms with Crippen LogP contribution in [0.5, 0.6) is 5.75 Å². The molecule has 0 spiro atoms. The summed E-state index contributed by atoms with van der Waals surface area (Å²) in [5.74, 6) is -0.0613. The zero-order valence-corrected chi connectivity index (χ0v) is 18.0. The highest BCUT2D eigenvalue weighted by atomic mass is 32.2. The summed E-state index contributed by atoms with van der Waals surface area (Å²) in [4.78, 5) is 11.9. The number of esters is 1. The van der Waals surface area contributed by atoms with Crippen LogP contribution < -0.4 is 9.50 Å². The molecule has 0 fully saturated rings. The van der Waals surface area contributed by atoms with Gasteiger partial charge in [-0.05, 0) is 41.8 Å². The van der Waals surface area contributed by atoms with E-state index in [1.807, 2.05) is 30.3 Å². The summed E-state index contributed by atoms with van der Waals surface area (Å²) in [7, 11) is -2.51. The van der Waals surface area contributed by atoms with Gasteiger partial charge in [-0.15, -0.1) is 0 Å². The van der Waals surface area contributed by atoms with Gasteiger partial charge in [0.1, 0.15) is 10.6 Å². The van der Waals surface area contributed by atoms with Crippen molar-refractivity contribution in [1.82, 2.24) is 5.32 Å². The van der Waals surface area contributed by atoms with Crippen LogP contribution in [0.25, 0.3) is 0 Å². The molecule has 0 heterocycles. The Morgan fingerprint density at radius 3 is 2.10 bits per heavy atom. The lowest BCUT2D eigenvalue weighted by molar-refractivity contribution is -0.141. The van der Waals surface area contributed by atoms with E-state index in [-0.39, 0.29) is 29.1 Å². The molecular formula is C24H25NO5S. The highest BCUT2D eigenvalue weighted by molar-refractivity contribution is 7.87. The number of hydrogen-bond acceptors (Lipinski definition) is 6. The van der Waals surface area contributed by atoms with Gasteiger partial charge in [0.15, 0.2) is 0 Å². The third kappa shape index (κ3) is 6.94. The van der Waals surface area contributed by atoms with Crippen molar-refractivity contribution in [2.24, 2.45) is 0 Å². The maximum absolute atomic E-state index is 12.4. The molecule has 0 saturated carbocycles. The van der Waals surface area contributed by atoms with Crippen molar-refractivity contribution < 1.29 is 22.1 Å². The first-order valence-electron chi connectivity index (χ1n) is 9.89. The molecule has 0 bridgehead atoms. The Hall–Kier alpha value is -3.16. The maximum atomic E-state index is 12.4. The van der Waals surface area contributed by atoms with Gasteiger partial charge in [0.2, 0.25) is 0 Å². The first-order chi connectivity index (χ1) is 15.0. The molecular weight excluding hydrogens is 414 g/mol. The number of carbonyl (C=O) groups is 1. The molecule has 0 saturated heterocycles. The van der Waals surface area contributed by atoms with Crippen molar-refractivity contribution in [3.63, 3.8) is 0 Å². The largest absolute Gasteiger partial charge is 0.469 e. The second kappa shape index (κ2) is 10.7. The van der Waals surface area contributed by atoms with Crippen LogP contribution in [-0.2, 0) is 32.6 Å². The lowest BCUT2D eigenvalue weighted by atomic mass is 10.0. The highest BCUT2D eigenvalue weighted by Crippen LogP contribution is 2.20. The molecule has 0 aliphatic heterocycles. The minimum absolute atomic E-state index is 0.0994. The van der Waals surface area contributed by atoms with E-state index in [2.05, 4.69) is 5.32 Å². The van der Waals surface area contributed by atoms with Crippen LogP contribution in [0.4, 0.5) is 0 Å². The number of methoxy groups -OCH3 is 1. The highest BCUT2D eigenvalue weighted by Gasteiger charge is 2.17. The lowest BCUT2D eigenvalue weighted by Gasteiger charge is -2.18. The molecule has 0 aromatic heterocycles. The van der Waals surface area contributed by atoms with Crippen molar-refractivity contribution in [3.05, 3.63) is 96.1 Å². The predicted octanol–water partition coefficient (Wildman–Crippen LogP) is 3.72.